The van der Waals surface area contributed by atoms with Crippen LogP contribution in [-0.2, 0) is 22.7 Å². The second kappa shape index (κ2) is 7.20. The van der Waals surface area contributed by atoms with Gasteiger partial charge in [-0.1, -0.05) is 48.8 Å². The molecule has 2 heterocycles. The average Bonchev–Trinajstić information content (AvgIpc) is 3.23. The molecule has 9 heteroatoms. The normalized spacial score (nSPS) is 11.0. The Labute approximate surface area is 144 Å². The maximum Gasteiger partial charge on any atom is 0.330 e. The molecule has 0 spiro atoms. The van der Waals surface area contributed by atoms with Gasteiger partial charge < -0.3 is 9.26 Å². The van der Waals surface area contributed by atoms with Crippen molar-refractivity contribution in [3.8, 4) is 11.4 Å². The van der Waals surface area contributed by atoms with Gasteiger partial charge in [0.25, 0.3) is 5.89 Å². The molecule has 0 aliphatic heterocycles. The molecular formula is C16H18N6O3. The zero-order chi connectivity index (χ0) is 17.8. The molecule has 0 saturated heterocycles. The molecule has 0 aliphatic rings. The van der Waals surface area contributed by atoms with Gasteiger partial charge in [-0.3, -0.25) is 0 Å². The van der Waals surface area contributed by atoms with Crippen LogP contribution in [0.25, 0.3) is 11.4 Å². The Bertz CT molecular complexity index is 853. The third kappa shape index (κ3) is 4.25. The second-order valence-electron chi connectivity index (χ2n) is 5.87. The van der Waals surface area contributed by atoms with Crippen LogP contribution >= 0.6 is 0 Å². The molecule has 0 saturated carbocycles. The van der Waals surface area contributed by atoms with E-state index < -0.39 is 5.97 Å². The van der Waals surface area contributed by atoms with Crippen LogP contribution in [0.2, 0.25) is 0 Å². The first-order chi connectivity index (χ1) is 12.0. The van der Waals surface area contributed by atoms with Gasteiger partial charge in [-0.05, 0) is 12.1 Å². The topological polar surface area (TPSA) is 109 Å². The minimum absolute atomic E-state index is 0.0852. The number of carbonyl (C=O) groups excluding carboxylic acids is 1. The molecular weight excluding hydrogens is 324 g/mol. The number of hydrogen-bond donors (Lipinski definition) is 0. The molecule has 0 aliphatic carbocycles. The van der Waals surface area contributed by atoms with E-state index in [0.717, 1.165) is 11.1 Å². The molecule has 0 bridgehead atoms. The van der Waals surface area contributed by atoms with Gasteiger partial charge in [0.05, 0.1) is 0 Å². The van der Waals surface area contributed by atoms with Crippen LogP contribution in [0.1, 0.15) is 37.0 Å². The van der Waals surface area contributed by atoms with Crippen molar-refractivity contribution in [1.82, 2.24) is 30.3 Å². The number of esters is 1. The molecule has 0 unspecified atom stereocenters. The number of ether oxygens (including phenoxy) is 1. The van der Waals surface area contributed by atoms with E-state index in [9.17, 15) is 4.79 Å². The minimum atomic E-state index is -0.517. The van der Waals surface area contributed by atoms with Crippen molar-refractivity contribution >= 4 is 5.97 Å². The largest absolute Gasteiger partial charge is 0.454 e. The summed E-state index contributed by atoms with van der Waals surface area (Å²) in [6.07, 6.45) is 0. The van der Waals surface area contributed by atoms with Crippen LogP contribution in [0.3, 0.4) is 0 Å². The molecule has 0 N–H and O–H groups in total. The lowest BCUT2D eigenvalue weighted by molar-refractivity contribution is -0.147. The van der Waals surface area contributed by atoms with Crippen LogP contribution in [0.15, 0.2) is 28.8 Å². The Morgan fingerprint density at radius 3 is 2.72 bits per heavy atom. The average molecular weight is 342 g/mol. The van der Waals surface area contributed by atoms with Crippen molar-refractivity contribution in [2.24, 2.45) is 0 Å². The summed E-state index contributed by atoms with van der Waals surface area (Å²) in [6.45, 7) is 5.66. The zero-order valence-electron chi connectivity index (χ0n) is 14.2. The third-order valence-electron chi connectivity index (χ3n) is 3.39. The molecule has 0 amide bonds. The van der Waals surface area contributed by atoms with E-state index in [0.29, 0.717) is 11.6 Å². The number of aryl methyl sites for hydroxylation is 1. The highest BCUT2D eigenvalue weighted by Crippen LogP contribution is 2.14. The monoisotopic (exact) mass is 342 g/mol. The lowest BCUT2D eigenvalue weighted by Crippen LogP contribution is -2.16. The highest BCUT2D eigenvalue weighted by Gasteiger charge is 2.14. The van der Waals surface area contributed by atoms with E-state index in [4.69, 9.17) is 9.26 Å². The summed E-state index contributed by atoms with van der Waals surface area (Å²) in [5.74, 6) is 0.909. The van der Waals surface area contributed by atoms with E-state index in [2.05, 4.69) is 25.6 Å². The van der Waals surface area contributed by atoms with Crippen molar-refractivity contribution in [2.45, 2.75) is 39.8 Å². The Balaban J connectivity index is 1.55. The van der Waals surface area contributed by atoms with Crippen molar-refractivity contribution in [2.75, 3.05) is 0 Å². The third-order valence-corrected chi connectivity index (χ3v) is 3.39. The molecule has 0 atom stereocenters. The van der Waals surface area contributed by atoms with E-state index in [1.165, 1.54) is 4.80 Å². The molecule has 25 heavy (non-hydrogen) atoms. The summed E-state index contributed by atoms with van der Waals surface area (Å²) in [5, 5.41) is 15.8. The second-order valence-corrected chi connectivity index (χ2v) is 5.87. The van der Waals surface area contributed by atoms with Gasteiger partial charge in [0.2, 0.25) is 5.82 Å². The minimum Gasteiger partial charge on any atom is -0.454 e. The Morgan fingerprint density at radius 1 is 1.28 bits per heavy atom. The van der Waals surface area contributed by atoms with Gasteiger partial charge in [-0.2, -0.15) is 9.78 Å². The number of tetrazole rings is 1. The summed E-state index contributed by atoms with van der Waals surface area (Å²) < 4.78 is 10.1. The first-order valence-electron chi connectivity index (χ1n) is 7.84. The first kappa shape index (κ1) is 16.7. The predicted octanol–water partition coefficient (Wildman–Crippen LogP) is 1.90. The number of carbonyl (C=O) groups is 1. The number of aromatic nitrogens is 6. The fourth-order valence-electron chi connectivity index (χ4n) is 1.99. The lowest BCUT2D eigenvalue weighted by atomic mass is 10.1. The van der Waals surface area contributed by atoms with Crippen LogP contribution in [0, 0.1) is 6.92 Å². The molecule has 0 radical (unpaired) electrons. The number of rotatable bonds is 6. The number of nitrogens with zero attached hydrogens (tertiary/aromatic N) is 6. The molecule has 9 nitrogen and oxygen atoms in total. The van der Waals surface area contributed by atoms with Crippen LogP contribution in [-0.4, -0.2) is 36.3 Å². The van der Waals surface area contributed by atoms with Crippen molar-refractivity contribution in [1.29, 1.82) is 0 Å². The van der Waals surface area contributed by atoms with Crippen LogP contribution in [0.5, 0.6) is 0 Å². The first-order valence-corrected chi connectivity index (χ1v) is 7.84. The fourth-order valence-corrected chi connectivity index (χ4v) is 1.99. The van der Waals surface area contributed by atoms with Gasteiger partial charge in [-0.25, -0.2) is 4.79 Å². The van der Waals surface area contributed by atoms with Crippen LogP contribution in [0.4, 0.5) is 0 Å². The molecule has 3 aromatic rings. The molecule has 0 fully saturated rings. The Morgan fingerprint density at radius 2 is 2.04 bits per heavy atom. The van der Waals surface area contributed by atoms with Crippen molar-refractivity contribution in [3.63, 3.8) is 0 Å². The van der Waals surface area contributed by atoms with Gasteiger partial charge in [0, 0.05) is 11.5 Å². The summed E-state index contributed by atoms with van der Waals surface area (Å²) in [4.78, 5) is 17.2. The van der Waals surface area contributed by atoms with E-state index in [1.807, 2.05) is 45.0 Å². The Hall–Kier alpha value is -3.10. The van der Waals surface area contributed by atoms with Gasteiger partial charge in [-0.15, -0.1) is 10.2 Å². The van der Waals surface area contributed by atoms with E-state index in [1.54, 1.807) is 0 Å². The smallest absolute Gasteiger partial charge is 0.330 e. The molecule has 3 rings (SSSR count). The van der Waals surface area contributed by atoms with E-state index in [-0.39, 0.29) is 25.0 Å². The van der Waals surface area contributed by atoms with Crippen molar-refractivity contribution < 1.29 is 14.1 Å². The number of benzene rings is 1. The van der Waals surface area contributed by atoms with Gasteiger partial charge in [0.1, 0.15) is 0 Å². The highest BCUT2D eigenvalue weighted by atomic mass is 16.6. The van der Waals surface area contributed by atoms with E-state index >= 15 is 0 Å². The maximum absolute atomic E-state index is 11.9. The Kier molecular flexibility index (Phi) is 4.82. The standard InChI is InChI=1S/C16H18N6O3/c1-10(2)15-17-13(25-20-15)9-24-14(23)8-22-19-16(18-21-22)12-6-4-11(3)5-7-12/h4-7,10H,8-9H2,1-3H3. The zero-order valence-corrected chi connectivity index (χ0v) is 14.2. The van der Waals surface area contributed by atoms with Crippen molar-refractivity contribution in [3.05, 3.63) is 41.5 Å². The summed E-state index contributed by atoms with van der Waals surface area (Å²) >= 11 is 0. The predicted molar refractivity (Wildman–Crippen MR) is 86.2 cm³/mol. The molecule has 130 valence electrons. The maximum atomic E-state index is 11.9. The van der Waals surface area contributed by atoms with Gasteiger partial charge in [0.15, 0.2) is 19.0 Å². The molecule has 2 aromatic heterocycles. The summed E-state index contributed by atoms with van der Waals surface area (Å²) in [6, 6.07) is 7.72. The SMILES string of the molecule is Cc1ccc(-c2nnn(CC(=O)OCc3nc(C(C)C)no3)n2)cc1. The molecule has 1 aromatic carbocycles. The summed E-state index contributed by atoms with van der Waals surface area (Å²) in [7, 11) is 0. The highest BCUT2D eigenvalue weighted by molar-refractivity contribution is 5.68. The number of hydrogen-bond acceptors (Lipinski definition) is 8. The van der Waals surface area contributed by atoms with Gasteiger partial charge >= 0.3 is 5.97 Å². The quantitative estimate of drug-likeness (QED) is 0.625. The van der Waals surface area contributed by atoms with Crippen LogP contribution < -0.4 is 0 Å². The summed E-state index contributed by atoms with van der Waals surface area (Å²) in [5.41, 5.74) is 1.97. The fraction of sp³-hybridized carbons (Fsp3) is 0.375. The lowest BCUT2D eigenvalue weighted by Gasteiger charge is -2.00.